The molecule has 3 atom stereocenters. The summed E-state index contributed by atoms with van der Waals surface area (Å²) >= 11 is 0. The van der Waals surface area contributed by atoms with Crippen LogP contribution in [0.2, 0.25) is 0 Å². The van der Waals surface area contributed by atoms with Crippen molar-refractivity contribution in [1.29, 1.82) is 0 Å². The van der Waals surface area contributed by atoms with Crippen LogP contribution in [0.3, 0.4) is 0 Å². The fourth-order valence-corrected chi connectivity index (χ4v) is 3.02. The van der Waals surface area contributed by atoms with Crippen LogP contribution in [-0.2, 0) is 9.53 Å². The molecule has 1 fully saturated rings. The molecule has 0 N–H and O–H groups in total. The molecule has 1 heterocycles. The summed E-state index contributed by atoms with van der Waals surface area (Å²) in [6.07, 6.45) is 2.04. The molecule has 0 bridgehead atoms. The fourth-order valence-electron chi connectivity index (χ4n) is 3.02. The number of hydrogen-bond acceptors (Lipinski definition) is 3. The molecule has 0 amide bonds. The molecule has 1 saturated heterocycles. The molecule has 0 radical (unpaired) electrons. The van der Waals surface area contributed by atoms with Gasteiger partial charge in [0.05, 0.1) is 6.61 Å². The van der Waals surface area contributed by atoms with Gasteiger partial charge in [0.15, 0.2) is 0 Å². The number of benzene rings is 1. The van der Waals surface area contributed by atoms with Gasteiger partial charge in [-0.25, -0.2) is 0 Å². The molecule has 110 valence electrons. The molecular formula is C17H25NO2. The lowest BCUT2D eigenvalue weighted by molar-refractivity contribution is -0.153. The second kappa shape index (κ2) is 6.89. The van der Waals surface area contributed by atoms with Crippen LogP contribution >= 0.6 is 0 Å². The summed E-state index contributed by atoms with van der Waals surface area (Å²) in [7, 11) is 0. The Morgan fingerprint density at radius 3 is 2.75 bits per heavy atom. The van der Waals surface area contributed by atoms with E-state index in [0.29, 0.717) is 12.5 Å². The first-order valence-electron chi connectivity index (χ1n) is 7.60. The third-order valence-corrected chi connectivity index (χ3v) is 4.24. The molecule has 1 aliphatic heterocycles. The number of carbonyl (C=O) groups is 1. The van der Waals surface area contributed by atoms with Crippen molar-refractivity contribution in [1.82, 2.24) is 4.90 Å². The first kappa shape index (κ1) is 15.0. The van der Waals surface area contributed by atoms with E-state index in [1.54, 1.807) is 0 Å². The quantitative estimate of drug-likeness (QED) is 0.789. The predicted octanol–water partition coefficient (Wildman–Crippen LogP) is 3.41. The molecule has 0 aromatic heterocycles. The Hall–Kier alpha value is -1.35. The van der Waals surface area contributed by atoms with Gasteiger partial charge in [-0.3, -0.25) is 9.69 Å². The molecule has 1 aromatic carbocycles. The van der Waals surface area contributed by atoms with Gasteiger partial charge in [-0.05, 0) is 44.7 Å². The Morgan fingerprint density at radius 2 is 2.10 bits per heavy atom. The predicted molar refractivity (Wildman–Crippen MR) is 80.4 cm³/mol. The lowest BCUT2D eigenvalue weighted by Crippen LogP contribution is -2.48. The zero-order chi connectivity index (χ0) is 14.5. The monoisotopic (exact) mass is 275 g/mol. The zero-order valence-electron chi connectivity index (χ0n) is 12.7. The lowest BCUT2D eigenvalue weighted by Gasteiger charge is -2.40. The molecule has 3 heteroatoms. The molecule has 20 heavy (non-hydrogen) atoms. The van der Waals surface area contributed by atoms with Crippen LogP contribution in [0.25, 0.3) is 0 Å². The van der Waals surface area contributed by atoms with Crippen LogP contribution in [0.1, 0.15) is 45.2 Å². The van der Waals surface area contributed by atoms with Crippen LogP contribution in [-0.4, -0.2) is 30.1 Å². The number of ether oxygens (including phenoxy) is 1. The Labute approximate surface area is 121 Å². The van der Waals surface area contributed by atoms with Gasteiger partial charge in [0.25, 0.3) is 0 Å². The summed E-state index contributed by atoms with van der Waals surface area (Å²) in [6, 6.07) is 10.5. The van der Waals surface area contributed by atoms with E-state index in [9.17, 15) is 4.79 Å². The molecule has 3 nitrogen and oxygen atoms in total. The fraction of sp³-hybridized carbons (Fsp3) is 0.588. The minimum absolute atomic E-state index is 0.0677. The molecule has 0 spiro atoms. The third kappa shape index (κ3) is 3.40. The van der Waals surface area contributed by atoms with E-state index < -0.39 is 0 Å². The molecule has 1 aromatic rings. The first-order chi connectivity index (χ1) is 9.63. The molecule has 0 aliphatic carbocycles. The molecule has 0 unspecified atom stereocenters. The van der Waals surface area contributed by atoms with Crippen molar-refractivity contribution in [3.8, 4) is 0 Å². The summed E-state index contributed by atoms with van der Waals surface area (Å²) in [5.41, 5.74) is 1.26. The first-order valence-corrected chi connectivity index (χ1v) is 7.60. The SMILES string of the molecule is CCOC(=O)[C@H]1C[C@H](C)CCN1[C@H](C)c1ccccc1. The second-order valence-electron chi connectivity index (χ2n) is 5.72. The second-order valence-corrected chi connectivity index (χ2v) is 5.72. The van der Waals surface area contributed by atoms with Crippen LogP contribution in [0.4, 0.5) is 0 Å². The van der Waals surface area contributed by atoms with Gasteiger partial charge in [0.2, 0.25) is 0 Å². The minimum Gasteiger partial charge on any atom is -0.465 e. The maximum absolute atomic E-state index is 12.2. The summed E-state index contributed by atoms with van der Waals surface area (Å²) in [6.45, 7) is 7.68. The van der Waals surface area contributed by atoms with Crippen molar-refractivity contribution in [2.75, 3.05) is 13.2 Å². The summed E-state index contributed by atoms with van der Waals surface area (Å²) < 4.78 is 5.27. The number of esters is 1. The zero-order valence-corrected chi connectivity index (χ0v) is 12.7. The van der Waals surface area contributed by atoms with Gasteiger partial charge in [-0.1, -0.05) is 37.3 Å². The van der Waals surface area contributed by atoms with Gasteiger partial charge >= 0.3 is 5.97 Å². The van der Waals surface area contributed by atoms with E-state index in [4.69, 9.17) is 4.74 Å². The largest absolute Gasteiger partial charge is 0.465 e. The highest BCUT2D eigenvalue weighted by molar-refractivity contribution is 5.76. The summed E-state index contributed by atoms with van der Waals surface area (Å²) in [5.74, 6) is 0.519. The van der Waals surface area contributed by atoms with E-state index in [1.807, 2.05) is 13.0 Å². The van der Waals surface area contributed by atoms with Crippen molar-refractivity contribution < 1.29 is 9.53 Å². The number of piperidine rings is 1. The molecular weight excluding hydrogens is 250 g/mol. The summed E-state index contributed by atoms with van der Waals surface area (Å²) in [5, 5.41) is 0. The average molecular weight is 275 g/mol. The van der Waals surface area contributed by atoms with Crippen LogP contribution in [0.15, 0.2) is 30.3 Å². The van der Waals surface area contributed by atoms with Crippen molar-refractivity contribution in [3.63, 3.8) is 0 Å². The normalized spacial score (nSPS) is 25.1. The standard InChI is InChI=1S/C17H25NO2/c1-4-20-17(19)16-12-13(2)10-11-18(16)14(3)15-8-6-5-7-9-15/h5-9,13-14,16H,4,10-12H2,1-3H3/t13-,14-,16-/m1/s1. The van der Waals surface area contributed by atoms with Crippen LogP contribution in [0, 0.1) is 5.92 Å². The molecule has 2 rings (SSSR count). The Bertz CT molecular complexity index is 432. The van der Waals surface area contributed by atoms with E-state index in [0.717, 1.165) is 19.4 Å². The van der Waals surface area contributed by atoms with Crippen molar-refractivity contribution >= 4 is 5.97 Å². The van der Waals surface area contributed by atoms with E-state index in [1.165, 1.54) is 5.56 Å². The molecule has 0 saturated carbocycles. The Kier molecular flexibility index (Phi) is 5.18. The minimum atomic E-state index is -0.103. The highest BCUT2D eigenvalue weighted by Crippen LogP contribution is 2.31. The number of rotatable bonds is 4. The van der Waals surface area contributed by atoms with E-state index in [-0.39, 0.29) is 18.1 Å². The van der Waals surface area contributed by atoms with Crippen LogP contribution in [0.5, 0.6) is 0 Å². The van der Waals surface area contributed by atoms with Crippen LogP contribution < -0.4 is 0 Å². The Morgan fingerprint density at radius 1 is 1.40 bits per heavy atom. The van der Waals surface area contributed by atoms with Crippen molar-refractivity contribution in [3.05, 3.63) is 35.9 Å². The average Bonchev–Trinajstić information content (AvgIpc) is 2.47. The van der Waals surface area contributed by atoms with Gasteiger partial charge < -0.3 is 4.74 Å². The van der Waals surface area contributed by atoms with Crippen molar-refractivity contribution in [2.45, 2.75) is 45.7 Å². The van der Waals surface area contributed by atoms with Gasteiger partial charge in [0.1, 0.15) is 6.04 Å². The highest BCUT2D eigenvalue weighted by atomic mass is 16.5. The number of nitrogens with zero attached hydrogens (tertiary/aromatic N) is 1. The number of carbonyl (C=O) groups excluding carboxylic acids is 1. The Balaban J connectivity index is 2.16. The highest BCUT2D eigenvalue weighted by Gasteiger charge is 2.35. The summed E-state index contributed by atoms with van der Waals surface area (Å²) in [4.78, 5) is 14.5. The smallest absolute Gasteiger partial charge is 0.323 e. The topological polar surface area (TPSA) is 29.5 Å². The molecule has 1 aliphatic rings. The maximum atomic E-state index is 12.2. The third-order valence-electron chi connectivity index (χ3n) is 4.24. The van der Waals surface area contributed by atoms with E-state index >= 15 is 0 Å². The van der Waals surface area contributed by atoms with E-state index in [2.05, 4.69) is 43.0 Å². The van der Waals surface area contributed by atoms with Gasteiger partial charge in [0, 0.05) is 6.04 Å². The van der Waals surface area contributed by atoms with Gasteiger partial charge in [-0.15, -0.1) is 0 Å². The lowest BCUT2D eigenvalue weighted by atomic mass is 9.90. The maximum Gasteiger partial charge on any atom is 0.323 e. The number of likely N-dealkylation sites (tertiary alicyclic amines) is 1. The van der Waals surface area contributed by atoms with Gasteiger partial charge in [-0.2, -0.15) is 0 Å². The van der Waals surface area contributed by atoms with Crippen molar-refractivity contribution in [2.24, 2.45) is 5.92 Å². The number of hydrogen-bond donors (Lipinski definition) is 0.